The third-order valence-corrected chi connectivity index (χ3v) is 3.10. The molecule has 104 valence electrons. The van der Waals surface area contributed by atoms with E-state index in [1.807, 2.05) is 44.2 Å². The molecule has 0 fully saturated rings. The second-order valence-electron chi connectivity index (χ2n) is 4.88. The van der Waals surface area contributed by atoms with Crippen LogP contribution in [-0.2, 0) is 5.54 Å². The molecule has 0 aliphatic heterocycles. The van der Waals surface area contributed by atoms with Gasteiger partial charge in [0, 0.05) is 0 Å². The second-order valence-corrected chi connectivity index (χ2v) is 5.28. The SMILES string of the molecule is CC(C)(NC(=S)NC(=O)c1ccco1)c1ccccc1. The predicted octanol–water partition coefficient (Wildman–Crippen LogP) is 2.82. The van der Waals surface area contributed by atoms with Crippen LogP contribution in [0.2, 0.25) is 0 Å². The molecule has 0 atom stereocenters. The maximum absolute atomic E-state index is 11.8. The van der Waals surface area contributed by atoms with E-state index in [2.05, 4.69) is 10.6 Å². The highest BCUT2D eigenvalue weighted by atomic mass is 32.1. The Hall–Kier alpha value is -2.14. The first-order valence-corrected chi connectivity index (χ1v) is 6.62. The molecule has 0 aliphatic carbocycles. The predicted molar refractivity (Wildman–Crippen MR) is 81.4 cm³/mol. The van der Waals surface area contributed by atoms with Gasteiger partial charge in [0.25, 0.3) is 5.91 Å². The molecule has 2 N–H and O–H groups in total. The second kappa shape index (κ2) is 5.88. The Morgan fingerprint density at radius 1 is 1.15 bits per heavy atom. The van der Waals surface area contributed by atoms with Crippen LogP contribution in [-0.4, -0.2) is 11.0 Å². The van der Waals surface area contributed by atoms with Crippen LogP contribution in [0, 0.1) is 0 Å². The van der Waals surface area contributed by atoms with Crippen LogP contribution in [0.4, 0.5) is 0 Å². The van der Waals surface area contributed by atoms with E-state index in [-0.39, 0.29) is 22.3 Å². The molecule has 0 radical (unpaired) electrons. The van der Waals surface area contributed by atoms with E-state index in [1.165, 1.54) is 6.26 Å². The molecule has 1 aromatic carbocycles. The first-order chi connectivity index (χ1) is 9.49. The number of rotatable bonds is 3. The van der Waals surface area contributed by atoms with E-state index in [0.29, 0.717) is 0 Å². The average Bonchev–Trinajstić information content (AvgIpc) is 2.93. The van der Waals surface area contributed by atoms with Gasteiger partial charge in [-0.15, -0.1) is 0 Å². The van der Waals surface area contributed by atoms with E-state index >= 15 is 0 Å². The minimum Gasteiger partial charge on any atom is -0.459 e. The van der Waals surface area contributed by atoms with Gasteiger partial charge in [-0.2, -0.15) is 0 Å². The molecule has 4 nitrogen and oxygen atoms in total. The van der Waals surface area contributed by atoms with Crippen molar-refractivity contribution in [3.05, 3.63) is 60.1 Å². The fourth-order valence-electron chi connectivity index (χ4n) is 1.81. The van der Waals surface area contributed by atoms with Gasteiger partial charge in [-0.25, -0.2) is 0 Å². The number of hydrogen-bond acceptors (Lipinski definition) is 3. The average molecular weight is 288 g/mol. The van der Waals surface area contributed by atoms with Crippen LogP contribution in [0.5, 0.6) is 0 Å². The molecule has 0 saturated heterocycles. The summed E-state index contributed by atoms with van der Waals surface area (Å²) in [5, 5.41) is 5.98. The Kier molecular flexibility index (Phi) is 4.20. The highest BCUT2D eigenvalue weighted by molar-refractivity contribution is 7.80. The highest BCUT2D eigenvalue weighted by Gasteiger charge is 2.22. The summed E-state index contributed by atoms with van der Waals surface area (Å²) in [4.78, 5) is 11.8. The maximum atomic E-state index is 11.8. The number of thiocarbonyl (C=S) groups is 1. The van der Waals surface area contributed by atoms with Crippen molar-refractivity contribution in [2.24, 2.45) is 0 Å². The van der Waals surface area contributed by atoms with Gasteiger partial charge >= 0.3 is 0 Å². The van der Waals surface area contributed by atoms with Crippen LogP contribution in [0.15, 0.2) is 53.1 Å². The molecule has 1 heterocycles. The molecule has 0 spiro atoms. The Bertz CT molecular complexity index is 592. The minimum absolute atomic E-state index is 0.228. The van der Waals surface area contributed by atoms with Gasteiger partial charge in [0.15, 0.2) is 10.9 Å². The van der Waals surface area contributed by atoms with E-state index in [9.17, 15) is 4.79 Å². The number of carbonyl (C=O) groups is 1. The van der Waals surface area contributed by atoms with Crippen LogP contribution in [0.1, 0.15) is 30.0 Å². The Morgan fingerprint density at radius 2 is 1.85 bits per heavy atom. The summed E-state index contributed by atoms with van der Waals surface area (Å²) in [7, 11) is 0. The summed E-state index contributed by atoms with van der Waals surface area (Å²) in [5.74, 6) is -0.136. The third kappa shape index (κ3) is 3.45. The van der Waals surface area contributed by atoms with Crippen molar-refractivity contribution in [3.63, 3.8) is 0 Å². The summed E-state index contributed by atoms with van der Waals surface area (Å²) in [6.07, 6.45) is 1.44. The van der Waals surface area contributed by atoms with E-state index in [0.717, 1.165) is 5.56 Å². The van der Waals surface area contributed by atoms with Crippen molar-refractivity contribution in [2.75, 3.05) is 0 Å². The number of amides is 1. The molecule has 1 amide bonds. The molecular formula is C15H16N2O2S. The molecule has 0 saturated carbocycles. The molecule has 20 heavy (non-hydrogen) atoms. The van der Waals surface area contributed by atoms with Crippen LogP contribution >= 0.6 is 12.2 Å². The quantitative estimate of drug-likeness (QED) is 0.853. The van der Waals surface area contributed by atoms with Gasteiger partial charge in [-0.3, -0.25) is 10.1 Å². The molecule has 2 rings (SSSR count). The topological polar surface area (TPSA) is 54.3 Å². The van der Waals surface area contributed by atoms with Gasteiger partial charge in [0.1, 0.15) is 0 Å². The smallest absolute Gasteiger partial charge is 0.293 e. The van der Waals surface area contributed by atoms with Gasteiger partial charge in [0.2, 0.25) is 0 Å². The van der Waals surface area contributed by atoms with E-state index < -0.39 is 0 Å². The summed E-state index contributed by atoms with van der Waals surface area (Å²) in [6, 6.07) is 13.1. The number of furan rings is 1. The molecule has 5 heteroatoms. The van der Waals surface area contributed by atoms with Crippen molar-refractivity contribution in [2.45, 2.75) is 19.4 Å². The monoisotopic (exact) mass is 288 g/mol. The zero-order valence-corrected chi connectivity index (χ0v) is 12.2. The van der Waals surface area contributed by atoms with Gasteiger partial charge in [-0.1, -0.05) is 30.3 Å². The van der Waals surface area contributed by atoms with Crippen LogP contribution in [0.25, 0.3) is 0 Å². The highest BCUT2D eigenvalue weighted by Crippen LogP contribution is 2.19. The Morgan fingerprint density at radius 3 is 2.45 bits per heavy atom. The minimum atomic E-state index is -0.380. The number of nitrogens with one attached hydrogen (secondary N) is 2. The standard InChI is InChI=1S/C15H16N2O2S/c1-15(2,11-7-4-3-5-8-11)17-14(20)16-13(18)12-9-6-10-19-12/h3-10H,1-2H3,(H2,16,17,18,20). The lowest BCUT2D eigenvalue weighted by Crippen LogP contribution is -2.48. The van der Waals surface area contributed by atoms with Crippen molar-refractivity contribution in [1.82, 2.24) is 10.6 Å². The lowest BCUT2D eigenvalue weighted by Gasteiger charge is -2.28. The largest absolute Gasteiger partial charge is 0.459 e. The zero-order chi connectivity index (χ0) is 14.6. The fraction of sp³-hybridized carbons (Fsp3) is 0.200. The molecular weight excluding hydrogens is 272 g/mol. The lowest BCUT2D eigenvalue weighted by atomic mass is 9.95. The Labute approximate surface area is 123 Å². The molecule has 2 aromatic rings. The first kappa shape index (κ1) is 14.3. The number of hydrogen-bond donors (Lipinski definition) is 2. The summed E-state index contributed by atoms with van der Waals surface area (Å²) >= 11 is 5.17. The summed E-state index contributed by atoms with van der Waals surface area (Å²) in [6.45, 7) is 3.99. The number of carbonyl (C=O) groups excluding carboxylic acids is 1. The molecule has 0 bridgehead atoms. The summed E-state index contributed by atoms with van der Waals surface area (Å²) < 4.78 is 5.01. The van der Waals surface area contributed by atoms with Crippen molar-refractivity contribution in [1.29, 1.82) is 0 Å². The van der Waals surface area contributed by atoms with Crippen molar-refractivity contribution < 1.29 is 9.21 Å². The lowest BCUT2D eigenvalue weighted by molar-refractivity contribution is 0.0949. The normalized spacial score (nSPS) is 10.9. The molecule has 0 aliphatic rings. The van der Waals surface area contributed by atoms with Crippen LogP contribution < -0.4 is 10.6 Å². The maximum Gasteiger partial charge on any atom is 0.293 e. The Balaban J connectivity index is 1.99. The van der Waals surface area contributed by atoms with Gasteiger partial charge < -0.3 is 9.73 Å². The van der Waals surface area contributed by atoms with E-state index in [1.54, 1.807) is 12.1 Å². The first-order valence-electron chi connectivity index (χ1n) is 6.21. The van der Waals surface area contributed by atoms with Crippen molar-refractivity contribution >= 4 is 23.2 Å². The van der Waals surface area contributed by atoms with Gasteiger partial charge in [-0.05, 0) is 43.8 Å². The fourth-order valence-corrected chi connectivity index (χ4v) is 2.16. The van der Waals surface area contributed by atoms with Crippen molar-refractivity contribution in [3.8, 4) is 0 Å². The van der Waals surface area contributed by atoms with Crippen LogP contribution in [0.3, 0.4) is 0 Å². The molecule has 0 unspecified atom stereocenters. The summed E-state index contributed by atoms with van der Waals surface area (Å²) in [5.41, 5.74) is 0.698. The number of benzene rings is 1. The van der Waals surface area contributed by atoms with Gasteiger partial charge in [0.05, 0.1) is 11.8 Å². The van der Waals surface area contributed by atoms with E-state index in [4.69, 9.17) is 16.6 Å². The zero-order valence-electron chi connectivity index (χ0n) is 11.3. The molecule has 1 aromatic heterocycles. The third-order valence-electron chi connectivity index (χ3n) is 2.89.